The number of hydrogen-bond acceptors (Lipinski definition) is 5. The van der Waals surface area contributed by atoms with Crippen LogP contribution in [0.4, 0.5) is 5.69 Å². The Kier molecular flexibility index (Phi) is 4.23. The summed E-state index contributed by atoms with van der Waals surface area (Å²) in [6.07, 6.45) is 1.75. The van der Waals surface area contributed by atoms with Crippen LogP contribution in [0.15, 0.2) is 27.7 Å². The molecule has 1 aromatic heterocycles. The highest BCUT2D eigenvalue weighted by Gasteiger charge is 2.21. The minimum atomic E-state index is -3.92. The Morgan fingerprint density at radius 2 is 2.05 bits per heavy atom. The lowest BCUT2D eigenvalue weighted by molar-refractivity contribution is 0.0695. The van der Waals surface area contributed by atoms with E-state index >= 15 is 0 Å². The first-order chi connectivity index (χ1) is 10.3. The van der Waals surface area contributed by atoms with E-state index in [1.807, 2.05) is 0 Å². The molecule has 22 heavy (non-hydrogen) atoms. The van der Waals surface area contributed by atoms with Crippen LogP contribution >= 0.6 is 0 Å². The van der Waals surface area contributed by atoms with Crippen molar-refractivity contribution in [2.24, 2.45) is 0 Å². The fourth-order valence-electron chi connectivity index (χ4n) is 2.01. The van der Waals surface area contributed by atoms with Crippen molar-refractivity contribution in [1.29, 1.82) is 0 Å². The molecule has 0 saturated heterocycles. The van der Waals surface area contributed by atoms with Crippen LogP contribution in [0.1, 0.15) is 34.2 Å². The average Bonchev–Trinajstić information content (AvgIpc) is 2.87. The van der Waals surface area contributed by atoms with Crippen LogP contribution in [0.3, 0.4) is 0 Å². The lowest BCUT2D eigenvalue weighted by Crippen LogP contribution is -2.15. The second-order valence-electron chi connectivity index (χ2n) is 4.84. The number of sulfonamides is 1. The third-order valence-corrected chi connectivity index (χ3v) is 4.74. The highest BCUT2D eigenvalue weighted by molar-refractivity contribution is 7.92. The number of carboxylic acid groups (broad SMARTS) is 1. The predicted octanol–water partition coefficient (Wildman–Crippen LogP) is 2.35. The first kappa shape index (κ1) is 16.0. The van der Waals surface area contributed by atoms with E-state index in [0.29, 0.717) is 23.3 Å². The summed E-state index contributed by atoms with van der Waals surface area (Å²) in [5.41, 5.74) is 1.32. The molecule has 0 aliphatic rings. The lowest BCUT2D eigenvalue weighted by atomic mass is 10.0. The number of hydrogen-bond donors (Lipinski definition) is 2. The van der Waals surface area contributed by atoms with E-state index in [9.17, 15) is 18.3 Å². The number of benzene rings is 1. The number of nitrogens with zero attached hydrogens (tertiary/aromatic N) is 1. The molecule has 1 aromatic carbocycles. The quantitative estimate of drug-likeness (QED) is 0.873. The summed E-state index contributed by atoms with van der Waals surface area (Å²) in [6.45, 7) is 5.10. The molecule has 2 N–H and O–H groups in total. The van der Waals surface area contributed by atoms with E-state index in [2.05, 4.69) is 9.88 Å². The molecule has 0 amide bonds. The summed E-state index contributed by atoms with van der Waals surface area (Å²) in [4.78, 5) is 11.1. The summed E-state index contributed by atoms with van der Waals surface area (Å²) in [5.74, 6) is -0.761. The number of aromatic nitrogens is 1. The van der Waals surface area contributed by atoms with Gasteiger partial charge in [-0.3, -0.25) is 4.72 Å². The van der Waals surface area contributed by atoms with Crippen molar-refractivity contribution in [3.8, 4) is 0 Å². The van der Waals surface area contributed by atoms with Gasteiger partial charge in [-0.15, -0.1) is 0 Å². The molecule has 0 unspecified atom stereocenters. The number of anilines is 1. The molecule has 0 fully saturated rings. The molecule has 0 atom stereocenters. The zero-order valence-electron chi connectivity index (χ0n) is 12.4. The van der Waals surface area contributed by atoms with Crippen LogP contribution in [-0.2, 0) is 16.4 Å². The fourth-order valence-corrected chi connectivity index (χ4v) is 3.19. The number of aromatic carboxylic acids is 1. The molecule has 0 radical (unpaired) electrons. The normalized spacial score (nSPS) is 11.4. The number of nitrogens with one attached hydrogen (secondary N) is 1. The van der Waals surface area contributed by atoms with Crippen LogP contribution in [0.5, 0.6) is 0 Å². The van der Waals surface area contributed by atoms with Crippen LogP contribution in [0.25, 0.3) is 0 Å². The maximum absolute atomic E-state index is 12.4. The van der Waals surface area contributed by atoms with E-state index in [-0.39, 0.29) is 16.1 Å². The topological polar surface area (TPSA) is 110 Å². The Labute approximate surface area is 128 Å². The molecule has 118 valence electrons. The van der Waals surface area contributed by atoms with Gasteiger partial charge in [-0.2, -0.15) is 0 Å². The van der Waals surface area contributed by atoms with Gasteiger partial charge in [-0.1, -0.05) is 12.1 Å². The Morgan fingerprint density at radius 3 is 2.64 bits per heavy atom. The Balaban J connectivity index is 2.48. The molecule has 2 aromatic rings. The first-order valence-electron chi connectivity index (χ1n) is 6.57. The molecule has 0 spiro atoms. The van der Waals surface area contributed by atoms with Crippen molar-refractivity contribution in [2.75, 3.05) is 4.72 Å². The van der Waals surface area contributed by atoms with Gasteiger partial charge >= 0.3 is 5.97 Å². The Bertz CT molecular complexity index is 824. The summed E-state index contributed by atoms with van der Waals surface area (Å²) < 4.78 is 32.2. The fraction of sp³-hybridized carbons (Fsp3) is 0.286. The van der Waals surface area contributed by atoms with Gasteiger partial charge in [0, 0.05) is 6.42 Å². The highest BCUT2D eigenvalue weighted by Crippen LogP contribution is 2.24. The van der Waals surface area contributed by atoms with Crippen molar-refractivity contribution in [3.05, 3.63) is 40.8 Å². The Morgan fingerprint density at radius 1 is 1.36 bits per heavy atom. The van der Waals surface area contributed by atoms with Gasteiger partial charge in [0.25, 0.3) is 10.0 Å². The predicted molar refractivity (Wildman–Crippen MR) is 79.6 cm³/mol. The summed E-state index contributed by atoms with van der Waals surface area (Å²) >= 11 is 0. The molecule has 8 heteroatoms. The number of carboxylic acids is 1. The van der Waals surface area contributed by atoms with Gasteiger partial charge < -0.3 is 9.63 Å². The standard InChI is InChI=1S/C14H16N2O5S/c1-4-13-12(7-15-21-13)16-22(19,20)10-5-8(2)9(3)11(6-10)14(17)18/h5-7,16H,4H2,1-3H3,(H,17,18). The van der Waals surface area contributed by atoms with Gasteiger partial charge in [0.1, 0.15) is 5.69 Å². The maximum atomic E-state index is 12.4. The van der Waals surface area contributed by atoms with Gasteiger partial charge in [0.05, 0.1) is 16.7 Å². The van der Waals surface area contributed by atoms with Gasteiger partial charge in [0.2, 0.25) is 0 Å². The number of carbonyl (C=O) groups is 1. The molecule has 2 rings (SSSR count). The van der Waals surface area contributed by atoms with Crippen molar-refractivity contribution < 1.29 is 22.8 Å². The number of aryl methyl sites for hydroxylation is 2. The minimum Gasteiger partial charge on any atom is -0.478 e. The average molecular weight is 324 g/mol. The van der Waals surface area contributed by atoms with Crippen LogP contribution in [-0.4, -0.2) is 24.7 Å². The van der Waals surface area contributed by atoms with Crippen molar-refractivity contribution in [2.45, 2.75) is 32.1 Å². The van der Waals surface area contributed by atoms with E-state index in [0.717, 1.165) is 6.07 Å². The molecule has 7 nitrogen and oxygen atoms in total. The number of rotatable bonds is 5. The largest absolute Gasteiger partial charge is 0.478 e. The summed E-state index contributed by atoms with van der Waals surface area (Å²) in [5, 5.41) is 12.7. The second kappa shape index (κ2) is 5.80. The van der Waals surface area contributed by atoms with Gasteiger partial charge in [-0.05, 0) is 37.1 Å². The SMILES string of the molecule is CCc1oncc1NS(=O)(=O)c1cc(C)c(C)c(C(=O)O)c1. The summed E-state index contributed by atoms with van der Waals surface area (Å²) in [7, 11) is -3.92. The smallest absolute Gasteiger partial charge is 0.336 e. The van der Waals surface area contributed by atoms with Crippen LogP contribution in [0.2, 0.25) is 0 Å². The van der Waals surface area contributed by atoms with E-state index in [1.54, 1.807) is 20.8 Å². The van der Waals surface area contributed by atoms with E-state index < -0.39 is 16.0 Å². The molecule has 0 aliphatic heterocycles. The maximum Gasteiger partial charge on any atom is 0.336 e. The van der Waals surface area contributed by atoms with Crippen molar-refractivity contribution in [1.82, 2.24) is 5.16 Å². The zero-order valence-corrected chi connectivity index (χ0v) is 13.2. The molecule has 0 bridgehead atoms. The molecule has 0 saturated carbocycles. The van der Waals surface area contributed by atoms with Gasteiger partial charge in [-0.25, -0.2) is 13.2 Å². The third-order valence-electron chi connectivity index (χ3n) is 3.39. The van der Waals surface area contributed by atoms with E-state index in [4.69, 9.17) is 4.52 Å². The molecule has 0 aliphatic carbocycles. The lowest BCUT2D eigenvalue weighted by Gasteiger charge is -2.11. The second-order valence-corrected chi connectivity index (χ2v) is 6.52. The monoisotopic (exact) mass is 324 g/mol. The van der Waals surface area contributed by atoms with E-state index in [1.165, 1.54) is 12.3 Å². The zero-order chi connectivity index (χ0) is 16.5. The first-order valence-corrected chi connectivity index (χ1v) is 8.05. The van der Waals surface area contributed by atoms with Gasteiger partial charge in [0.15, 0.2) is 5.76 Å². The van der Waals surface area contributed by atoms with Crippen molar-refractivity contribution >= 4 is 21.7 Å². The molecule has 1 heterocycles. The summed E-state index contributed by atoms with van der Waals surface area (Å²) in [6, 6.07) is 2.58. The highest BCUT2D eigenvalue weighted by atomic mass is 32.2. The Hall–Kier alpha value is -2.35. The molecular formula is C14H16N2O5S. The van der Waals surface area contributed by atoms with Crippen molar-refractivity contribution in [3.63, 3.8) is 0 Å². The minimum absolute atomic E-state index is 0.0404. The molecular weight excluding hydrogens is 308 g/mol. The third kappa shape index (κ3) is 2.96. The van der Waals surface area contributed by atoms with Crippen LogP contribution < -0.4 is 4.72 Å². The van der Waals surface area contributed by atoms with Crippen LogP contribution in [0, 0.1) is 13.8 Å².